The molecule has 0 spiro atoms. The molecule has 0 bridgehead atoms. The molecule has 0 saturated heterocycles. The minimum atomic E-state index is 1.62. The average molecular weight is 244 g/mol. The van der Waals surface area contributed by atoms with E-state index < -0.39 is 0 Å². The molecule has 0 fully saturated rings. The second-order valence-electron chi connectivity index (χ2n) is 3.35. The largest absolute Gasteiger partial charge is 0.380 e. The van der Waals surface area contributed by atoms with Crippen LogP contribution in [0.4, 0.5) is 0 Å². The predicted molar refractivity (Wildman–Crippen MR) is 79.7 cm³/mol. The van der Waals surface area contributed by atoms with Crippen molar-refractivity contribution in [2.75, 3.05) is 56.4 Å². The van der Waals surface area contributed by atoms with Crippen LogP contribution >= 0.6 is 0 Å². The summed E-state index contributed by atoms with van der Waals surface area (Å²) in [4.78, 5) is 14.9. The van der Waals surface area contributed by atoms with Gasteiger partial charge >= 0.3 is 0 Å². The van der Waals surface area contributed by atoms with E-state index in [1.54, 1.807) is 40.2 Å². The zero-order valence-corrected chi connectivity index (χ0v) is 12.5. The van der Waals surface area contributed by atoms with Gasteiger partial charge in [0, 0.05) is 56.4 Å². The molecule has 0 aromatic rings. The summed E-state index contributed by atoms with van der Waals surface area (Å²) in [6, 6.07) is 0. The fraction of sp³-hybridized carbons (Fsp3) is 0.727. The minimum absolute atomic E-state index is 1.62. The van der Waals surface area contributed by atoms with Gasteiger partial charge in [-0.2, -0.15) is 0 Å². The SMILES string of the molecule is CN=CN(C)C.CN=CN(C)C.CN=CNC. The van der Waals surface area contributed by atoms with Crippen LogP contribution in [0.1, 0.15) is 0 Å². The zero-order valence-electron chi connectivity index (χ0n) is 12.5. The van der Waals surface area contributed by atoms with Gasteiger partial charge in [-0.25, -0.2) is 0 Å². The predicted octanol–water partition coefficient (Wildman–Crippen LogP) is 0.276. The standard InChI is InChI=1S/2C4H10N2.C3H8N2/c2*1-5-4-6(2)3;1-4-3-5-2/h2*4H,1-3H3;3H,1-2H3,(H,4,5). The van der Waals surface area contributed by atoms with Gasteiger partial charge in [-0.05, 0) is 0 Å². The summed E-state index contributed by atoms with van der Waals surface area (Å²) in [6.45, 7) is 0. The molecule has 0 aromatic carbocycles. The average Bonchev–Trinajstić information content (AvgIpc) is 2.20. The maximum absolute atomic E-state index is 3.74. The monoisotopic (exact) mass is 244 g/mol. The van der Waals surface area contributed by atoms with Gasteiger partial charge in [0.25, 0.3) is 0 Å². The van der Waals surface area contributed by atoms with Crippen molar-refractivity contribution in [2.45, 2.75) is 0 Å². The third kappa shape index (κ3) is 54.0. The molecule has 0 rings (SSSR count). The molecule has 6 heteroatoms. The van der Waals surface area contributed by atoms with Crippen molar-refractivity contribution >= 4 is 19.0 Å². The van der Waals surface area contributed by atoms with E-state index in [-0.39, 0.29) is 0 Å². The molecule has 0 aliphatic rings. The van der Waals surface area contributed by atoms with E-state index in [0.29, 0.717) is 0 Å². The first kappa shape index (κ1) is 20.8. The Bertz CT molecular complexity index is 180. The van der Waals surface area contributed by atoms with E-state index in [2.05, 4.69) is 20.3 Å². The summed E-state index contributed by atoms with van der Waals surface area (Å²) in [5, 5.41) is 2.73. The molecule has 102 valence electrons. The maximum atomic E-state index is 3.74. The normalized spacial score (nSPS) is 9.65. The smallest absolute Gasteiger partial charge is 0.0841 e. The van der Waals surface area contributed by atoms with Crippen LogP contribution in [0.5, 0.6) is 0 Å². The highest BCUT2D eigenvalue weighted by Gasteiger charge is 1.67. The lowest BCUT2D eigenvalue weighted by molar-refractivity contribution is 0.642. The molecule has 0 radical (unpaired) electrons. The summed E-state index contributed by atoms with van der Waals surface area (Å²) in [6.07, 6.45) is 5.12. The van der Waals surface area contributed by atoms with Crippen molar-refractivity contribution in [2.24, 2.45) is 15.0 Å². The lowest BCUT2D eigenvalue weighted by Crippen LogP contribution is -2.06. The first-order valence-corrected chi connectivity index (χ1v) is 5.21. The lowest BCUT2D eigenvalue weighted by atomic mass is 10.9. The van der Waals surface area contributed by atoms with Crippen LogP contribution in [0.15, 0.2) is 15.0 Å². The fourth-order valence-electron chi connectivity index (χ4n) is 0.591. The van der Waals surface area contributed by atoms with E-state index in [1.807, 2.05) is 45.0 Å². The van der Waals surface area contributed by atoms with Crippen LogP contribution in [0.2, 0.25) is 0 Å². The van der Waals surface area contributed by atoms with Gasteiger partial charge < -0.3 is 15.1 Å². The van der Waals surface area contributed by atoms with Crippen molar-refractivity contribution in [1.29, 1.82) is 0 Å². The van der Waals surface area contributed by atoms with Crippen molar-refractivity contribution < 1.29 is 0 Å². The molecular weight excluding hydrogens is 216 g/mol. The Hall–Kier alpha value is -1.59. The molecule has 17 heavy (non-hydrogen) atoms. The highest BCUT2D eigenvalue weighted by molar-refractivity contribution is 5.53. The number of hydrogen-bond donors (Lipinski definition) is 1. The van der Waals surface area contributed by atoms with Crippen LogP contribution in [0, 0.1) is 0 Å². The Labute approximate surface area is 106 Å². The molecule has 0 saturated carbocycles. The van der Waals surface area contributed by atoms with Crippen LogP contribution in [-0.2, 0) is 0 Å². The topological polar surface area (TPSA) is 55.6 Å². The highest BCUT2D eigenvalue weighted by atomic mass is 15.1. The number of nitrogens with zero attached hydrogens (tertiary/aromatic N) is 5. The van der Waals surface area contributed by atoms with Crippen molar-refractivity contribution in [3.8, 4) is 0 Å². The fourth-order valence-corrected chi connectivity index (χ4v) is 0.591. The number of rotatable bonds is 3. The number of nitrogens with one attached hydrogen (secondary N) is 1. The molecule has 0 amide bonds. The maximum Gasteiger partial charge on any atom is 0.0841 e. The highest BCUT2D eigenvalue weighted by Crippen LogP contribution is 1.59. The van der Waals surface area contributed by atoms with Gasteiger partial charge in [0.2, 0.25) is 0 Å². The molecule has 6 nitrogen and oxygen atoms in total. The van der Waals surface area contributed by atoms with Crippen LogP contribution in [0.3, 0.4) is 0 Å². The van der Waals surface area contributed by atoms with Crippen LogP contribution in [0.25, 0.3) is 0 Å². The number of hydrogen-bond acceptors (Lipinski definition) is 3. The number of aliphatic imine (C=N–C) groups is 3. The molecule has 0 atom stereocenters. The first-order valence-electron chi connectivity index (χ1n) is 5.21. The van der Waals surface area contributed by atoms with Gasteiger partial charge in [-0.15, -0.1) is 0 Å². The van der Waals surface area contributed by atoms with Crippen LogP contribution in [-0.4, -0.2) is 85.2 Å². The van der Waals surface area contributed by atoms with E-state index in [4.69, 9.17) is 0 Å². The van der Waals surface area contributed by atoms with Crippen LogP contribution < -0.4 is 5.32 Å². The molecule has 0 unspecified atom stereocenters. The Balaban J connectivity index is -0.000000174. The first-order chi connectivity index (χ1) is 7.95. The summed E-state index contributed by atoms with van der Waals surface area (Å²) in [5.74, 6) is 0. The Morgan fingerprint density at radius 2 is 1.12 bits per heavy atom. The molecule has 1 N–H and O–H groups in total. The van der Waals surface area contributed by atoms with Gasteiger partial charge in [0.15, 0.2) is 0 Å². The van der Waals surface area contributed by atoms with E-state index in [9.17, 15) is 0 Å². The van der Waals surface area contributed by atoms with E-state index in [0.717, 1.165) is 0 Å². The Kier molecular flexibility index (Phi) is 24.3. The summed E-state index contributed by atoms with van der Waals surface area (Å²) in [5.41, 5.74) is 0. The zero-order chi connectivity index (χ0) is 14.1. The minimum Gasteiger partial charge on any atom is -0.380 e. The third-order valence-corrected chi connectivity index (χ3v) is 0.951. The third-order valence-electron chi connectivity index (χ3n) is 0.951. The van der Waals surface area contributed by atoms with E-state index >= 15 is 0 Å². The molecular formula is C11H28N6. The van der Waals surface area contributed by atoms with Crippen molar-refractivity contribution in [3.05, 3.63) is 0 Å². The summed E-state index contributed by atoms with van der Waals surface area (Å²) in [7, 11) is 14.8. The van der Waals surface area contributed by atoms with Crippen molar-refractivity contribution in [3.63, 3.8) is 0 Å². The van der Waals surface area contributed by atoms with Crippen molar-refractivity contribution in [1.82, 2.24) is 15.1 Å². The molecule has 0 heterocycles. The van der Waals surface area contributed by atoms with Gasteiger partial charge in [-0.3, -0.25) is 15.0 Å². The quantitative estimate of drug-likeness (QED) is 0.573. The second-order valence-corrected chi connectivity index (χ2v) is 3.35. The van der Waals surface area contributed by atoms with Gasteiger partial charge in [-0.1, -0.05) is 0 Å². The molecule has 0 aliphatic heterocycles. The summed E-state index contributed by atoms with van der Waals surface area (Å²) >= 11 is 0. The van der Waals surface area contributed by atoms with Gasteiger partial charge in [0.05, 0.1) is 19.0 Å². The molecule has 0 aromatic heterocycles. The lowest BCUT2D eigenvalue weighted by Gasteiger charge is -1.98. The Morgan fingerprint density at radius 1 is 0.765 bits per heavy atom. The van der Waals surface area contributed by atoms with Gasteiger partial charge in [0.1, 0.15) is 0 Å². The van der Waals surface area contributed by atoms with E-state index in [1.165, 1.54) is 0 Å². The second kappa shape index (κ2) is 19.9. The molecule has 0 aliphatic carbocycles. The summed E-state index contributed by atoms with van der Waals surface area (Å²) < 4.78 is 0. The Morgan fingerprint density at radius 3 is 1.12 bits per heavy atom.